The van der Waals surface area contributed by atoms with Gasteiger partial charge in [0.1, 0.15) is 0 Å². The van der Waals surface area contributed by atoms with E-state index in [4.69, 9.17) is 17.3 Å². The van der Waals surface area contributed by atoms with Crippen LogP contribution in [0.4, 0.5) is 0 Å². The maximum atomic E-state index is 6.01. The summed E-state index contributed by atoms with van der Waals surface area (Å²) in [6.45, 7) is 1.95. The molecule has 0 amide bonds. The van der Waals surface area contributed by atoms with E-state index in [1.54, 1.807) is 11.8 Å². The van der Waals surface area contributed by atoms with Gasteiger partial charge in [-0.05, 0) is 25.3 Å². The minimum Gasteiger partial charge on any atom is -0.324 e. The van der Waals surface area contributed by atoms with Crippen molar-refractivity contribution in [2.24, 2.45) is 5.73 Å². The fraction of sp³-hybridized carbons (Fsp3) is 0.333. The molecule has 1 nitrogen and oxygen atoms in total. The number of hydrogen-bond donors (Lipinski definition) is 1. The van der Waals surface area contributed by atoms with Gasteiger partial charge in [-0.25, -0.2) is 0 Å². The van der Waals surface area contributed by atoms with Crippen LogP contribution in [0.1, 0.15) is 18.5 Å². The third-order valence-corrected chi connectivity index (χ3v) is 2.81. The highest BCUT2D eigenvalue weighted by atomic mass is 35.5. The molecule has 1 aromatic rings. The van der Waals surface area contributed by atoms with Crippen LogP contribution < -0.4 is 5.73 Å². The third-order valence-electron chi connectivity index (χ3n) is 1.69. The van der Waals surface area contributed by atoms with Gasteiger partial charge in [0.05, 0.1) is 0 Å². The third kappa shape index (κ3) is 1.94. The van der Waals surface area contributed by atoms with Crippen LogP contribution in [-0.2, 0) is 0 Å². The maximum absolute atomic E-state index is 6.01. The van der Waals surface area contributed by atoms with E-state index in [0.717, 1.165) is 15.5 Å². The Morgan fingerprint density at radius 3 is 2.58 bits per heavy atom. The molecule has 0 fully saturated rings. The lowest BCUT2D eigenvalue weighted by atomic mass is 10.1. The van der Waals surface area contributed by atoms with Crippen molar-refractivity contribution in [3.8, 4) is 0 Å². The summed E-state index contributed by atoms with van der Waals surface area (Å²) < 4.78 is 0. The molecule has 1 aromatic carbocycles. The molecule has 0 heterocycles. The molecular formula is C9H12ClNS. The first kappa shape index (κ1) is 9.90. The zero-order chi connectivity index (χ0) is 9.14. The van der Waals surface area contributed by atoms with Crippen molar-refractivity contribution in [1.29, 1.82) is 0 Å². The maximum Gasteiger partial charge on any atom is 0.0464 e. The zero-order valence-electron chi connectivity index (χ0n) is 7.17. The van der Waals surface area contributed by atoms with Crippen molar-refractivity contribution in [2.75, 3.05) is 6.26 Å². The fourth-order valence-corrected chi connectivity index (χ4v) is 2.27. The molecule has 1 rings (SSSR count). The Balaban J connectivity index is 3.20. The van der Waals surface area contributed by atoms with Crippen molar-refractivity contribution in [3.05, 3.63) is 28.8 Å². The predicted octanol–water partition coefficient (Wildman–Crippen LogP) is 3.08. The summed E-state index contributed by atoms with van der Waals surface area (Å²) >= 11 is 7.68. The molecule has 1 atom stereocenters. The molecule has 1 unspecified atom stereocenters. The molecule has 0 aliphatic heterocycles. The van der Waals surface area contributed by atoms with Gasteiger partial charge < -0.3 is 5.73 Å². The molecular weight excluding hydrogens is 190 g/mol. The van der Waals surface area contributed by atoms with Crippen LogP contribution in [-0.4, -0.2) is 6.26 Å². The minimum absolute atomic E-state index is 0.00106. The number of halogens is 1. The number of benzene rings is 1. The second kappa shape index (κ2) is 4.17. The molecule has 0 saturated carbocycles. The van der Waals surface area contributed by atoms with Crippen LogP contribution in [0.2, 0.25) is 5.02 Å². The van der Waals surface area contributed by atoms with E-state index in [0.29, 0.717) is 0 Å². The molecule has 3 heteroatoms. The van der Waals surface area contributed by atoms with Gasteiger partial charge in [-0.15, -0.1) is 11.8 Å². The summed E-state index contributed by atoms with van der Waals surface area (Å²) in [6, 6.07) is 5.86. The summed E-state index contributed by atoms with van der Waals surface area (Å²) in [5, 5.41) is 0.761. The first-order valence-electron chi connectivity index (χ1n) is 3.74. The Hall–Kier alpha value is -0.180. The molecule has 0 saturated heterocycles. The van der Waals surface area contributed by atoms with Crippen LogP contribution in [0, 0.1) is 0 Å². The average Bonchev–Trinajstić information content (AvgIpc) is 2.03. The van der Waals surface area contributed by atoms with Gasteiger partial charge in [0.2, 0.25) is 0 Å². The summed E-state index contributed by atoms with van der Waals surface area (Å²) in [5.41, 5.74) is 6.84. The summed E-state index contributed by atoms with van der Waals surface area (Å²) in [5.74, 6) is 0. The van der Waals surface area contributed by atoms with Gasteiger partial charge in [0.25, 0.3) is 0 Å². The highest BCUT2D eigenvalue weighted by molar-refractivity contribution is 7.98. The van der Waals surface area contributed by atoms with Gasteiger partial charge in [0.15, 0.2) is 0 Å². The van der Waals surface area contributed by atoms with E-state index in [2.05, 4.69) is 0 Å². The number of rotatable bonds is 2. The quantitative estimate of drug-likeness (QED) is 0.745. The Bertz CT molecular complexity index is 273. The van der Waals surface area contributed by atoms with Crippen LogP contribution in [0.25, 0.3) is 0 Å². The van der Waals surface area contributed by atoms with Crippen molar-refractivity contribution in [2.45, 2.75) is 17.9 Å². The number of thioether (sulfide) groups is 1. The first-order chi connectivity index (χ1) is 5.66. The number of hydrogen-bond acceptors (Lipinski definition) is 2. The van der Waals surface area contributed by atoms with Crippen molar-refractivity contribution >= 4 is 23.4 Å². The van der Waals surface area contributed by atoms with E-state index >= 15 is 0 Å². The second-order valence-corrected chi connectivity index (χ2v) is 3.90. The smallest absolute Gasteiger partial charge is 0.0464 e. The van der Waals surface area contributed by atoms with Crippen molar-refractivity contribution in [3.63, 3.8) is 0 Å². The van der Waals surface area contributed by atoms with Crippen molar-refractivity contribution < 1.29 is 0 Å². The molecule has 66 valence electrons. The van der Waals surface area contributed by atoms with Gasteiger partial charge >= 0.3 is 0 Å². The molecule has 12 heavy (non-hydrogen) atoms. The summed E-state index contributed by atoms with van der Waals surface area (Å²) in [4.78, 5) is 1.16. The lowest BCUT2D eigenvalue weighted by molar-refractivity contribution is 0.798. The predicted molar refractivity (Wildman–Crippen MR) is 55.8 cm³/mol. The van der Waals surface area contributed by atoms with Crippen molar-refractivity contribution in [1.82, 2.24) is 0 Å². The molecule has 0 aliphatic carbocycles. The SMILES string of the molecule is CSc1cccc(Cl)c1C(C)N. The lowest BCUT2D eigenvalue weighted by Crippen LogP contribution is -2.06. The lowest BCUT2D eigenvalue weighted by Gasteiger charge is -2.12. The Labute approximate surface area is 82.3 Å². The van der Waals surface area contributed by atoms with Crippen LogP contribution in [0.5, 0.6) is 0 Å². The Morgan fingerprint density at radius 2 is 2.17 bits per heavy atom. The van der Waals surface area contributed by atoms with E-state index < -0.39 is 0 Å². The van der Waals surface area contributed by atoms with E-state index in [9.17, 15) is 0 Å². The van der Waals surface area contributed by atoms with Gasteiger partial charge in [0, 0.05) is 21.5 Å². The minimum atomic E-state index is 0.00106. The summed E-state index contributed by atoms with van der Waals surface area (Å²) in [7, 11) is 0. The largest absolute Gasteiger partial charge is 0.324 e. The van der Waals surface area contributed by atoms with E-state index in [1.165, 1.54) is 0 Å². The highest BCUT2D eigenvalue weighted by Crippen LogP contribution is 2.30. The zero-order valence-corrected chi connectivity index (χ0v) is 8.75. The molecule has 0 spiro atoms. The monoisotopic (exact) mass is 201 g/mol. The molecule has 2 N–H and O–H groups in total. The van der Waals surface area contributed by atoms with Crippen LogP contribution in [0.3, 0.4) is 0 Å². The topological polar surface area (TPSA) is 26.0 Å². The molecule has 0 bridgehead atoms. The standard InChI is InChI=1S/C9H12ClNS/c1-6(11)9-7(10)4-3-5-8(9)12-2/h3-6H,11H2,1-2H3. The van der Waals surface area contributed by atoms with Gasteiger partial charge in [-0.1, -0.05) is 17.7 Å². The van der Waals surface area contributed by atoms with E-state index in [-0.39, 0.29) is 6.04 Å². The normalized spacial score (nSPS) is 13.0. The Morgan fingerprint density at radius 1 is 1.50 bits per heavy atom. The Kier molecular flexibility index (Phi) is 3.44. The number of nitrogens with two attached hydrogens (primary N) is 1. The fourth-order valence-electron chi connectivity index (χ4n) is 1.14. The summed E-state index contributed by atoms with van der Waals surface area (Å²) in [6.07, 6.45) is 2.03. The van der Waals surface area contributed by atoms with Gasteiger partial charge in [-0.2, -0.15) is 0 Å². The van der Waals surface area contributed by atoms with Crippen LogP contribution in [0.15, 0.2) is 23.1 Å². The molecule has 0 radical (unpaired) electrons. The average molecular weight is 202 g/mol. The second-order valence-electron chi connectivity index (χ2n) is 2.64. The van der Waals surface area contributed by atoms with Crippen LogP contribution >= 0.6 is 23.4 Å². The highest BCUT2D eigenvalue weighted by Gasteiger charge is 2.09. The molecule has 0 aromatic heterocycles. The molecule has 0 aliphatic rings. The van der Waals surface area contributed by atoms with Gasteiger partial charge in [-0.3, -0.25) is 0 Å². The first-order valence-corrected chi connectivity index (χ1v) is 5.35. The van der Waals surface area contributed by atoms with E-state index in [1.807, 2.05) is 31.4 Å².